The van der Waals surface area contributed by atoms with E-state index in [0.29, 0.717) is 23.0 Å². The Kier molecular flexibility index (Phi) is 5.76. The minimum atomic E-state index is -0.363. The Labute approximate surface area is 170 Å². The number of nitrogen functional groups attached to an aromatic ring is 1. The van der Waals surface area contributed by atoms with Gasteiger partial charge in [0.25, 0.3) is 11.8 Å². The molecule has 1 atom stereocenters. The third-order valence-electron chi connectivity index (χ3n) is 5.86. The first kappa shape index (κ1) is 19.4. The van der Waals surface area contributed by atoms with Gasteiger partial charge in [0.15, 0.2) is 0 Å². The second-order valence-corrected chi connectivity index (χ2v) is 7.87. The second-order valence-electron chi connectivity index (χ2n) is 7.87. The number of aromatic nitrogens is 1. The van der Waals surface area contributed by atoms with E-state index in [-0.39, 0.29) is 23.6 Å². The smallest absolute Gasteiger partial charge is 0.274 e. The van der Waals surface area contributed by atoms with Crippen molar-refractivity contribution in [3.8, 4) is 0 Å². The number of nitrogens with two attached hydrogens (primary N) is 1. The first-order valence-corrected chi connectivity index (χ1v) is 10.3. The summed E-state index contributed by atoms with van der Waals surface area (Å²) in [6.45, 7) is 1.97. The van der Waals surface area contributed by atoms with E-state index in [0.717, 1.165) is 19.5 Å². The molecule has 2 aliphatic rings. The monoisotopic (exact) mass is 393 g/mol. The van der Waals surface area contributed by atoms with Crippen molar-refractivity contribution >= 4 is 23.2 Å². The molecular formula is C22H27N5O2. The summed E-state index contributed by atoms with van der Waals surface area (Å²) in [6, 6.07) is 11.1. The predicted octanol–water partition coefficient (Wildman–Crippen LogP) is 2.66. The molecule has 1 aliphatic heterocycles. The van der Waals surface area contributed by atoms with Gasteiger partial charge in [0.1, 0.15) is 5.69 Å². The molecule has 2 aromatic rings. The molecule has 0 bridgehead atoms. The third-order valence-corrected chi connectivity index (χ3v) is 5.86. The van der Waals surface area contributed by atoms with Gasteiger partial charge in [-0.3, -0.25) is 19.5 Å². The number of hydrogen-bond donors (Lipinski definition) is 3. The molecule has 1 saturated carbocycles. The van der Waals surface area contributed by atoms with Gasteiger partial charge in [0.05, 0.1) is 16.9 Å². The van der Waals surface area contributed by atoms with Gasteiger partial charge in [-0.1, -0.05) is 25.0 Å². The van der Waals surface area contributed by atoms with Crippen molar-refractivity contribution in [1.29, 1.82) is 0 Å². The highest BCUT2D eigenvalue weighted by Crippen LogP contribution is 2.26. The zero-order valence-electron chi connectivity index (χ0n) is 16.4. The quantitative estimate of drug-likeness (QED) is 0.678. The molecule has 1 aromatic carbocycles. The lowest BCUT2D eigenvalue weighted by molar-refractivity contribution is 0.0934. The van der Waals surface area contributed by atoms with Crippen LogP contribution in [0, 0.1) is 0 Å². The van der Waals surface area contributed by atoms with E-state index < -0.39 is 0 Å². The van der Waals surface area contributed by atoms with Gasteiger partial charge >= 0.3 is 0 Å². The predicted molar refractivity (Wildman–Crippen MR) is 113 cm³/mol. The van der Waals surface area contributed by atoms with E-state index in [9.17, 15) is 9.59 Å². The highest BCUT2D eigenvalue weighted by molar-refractivity contribution is 6.05. The molecule has 1 unspecified atom stereocenters. The maximum atomic E-state index is 12.6. The Bertz CT molecular complexity index is 877. The molecule has 4 rings (SSSR count). The summed E-state index contributed by atoms with van der Waals surface area (Å²) >= 11 is 0. The SMILES string of the molecule is Nc1ccccc1NC(=O)c1ccc(C(=O)NC2CCN(C3CCCC3)C2)cn1. The van der Waals surface area contributed by atoms with Crippen LogP contribution in [0.2, 0.25) is 0 Å². The number of benzene rings is 1. The number of likely N-dealkylation sites (tertiary alicyclic amines) is 1. The molecule has 4 N–H and O–H groups in total. The Morgan fingerprint density at radius 1 is 1.03 bits per heavy atom. The normalized spacial score (nSPS) is 19.9. The molecule has 2 amide bonds. The Hall–Kier alpha value is -2.93. The van der Waals surface area contributed by atoms with Crippen molar-refractivity contribution < 1.29 is 9.59 Å². The molecule has 1 aliphatic carbocycles. The average molecular weight is 393 g/mol. The fourth-order valence-corrected chi connectivity index (χ4v) is 4.23. The van der Waals surface area contributed by atoms with E-state index in [2.05, 4.69) is 20.5 Å². The Morgan fingerprint density at radius 2 is 1.83 bits per heavy atom. The van der Waals surface area contributed by atoms with E-state index >= 15 is 0 Å². The molecule has 0 spiro atoms. The highest BCUT2D eigenvalue weighted by Gasteiger charge is 2.30. The van der Waals surface area contributed by atoms with Crippen LogP contribution in [0.15, 0.2) is 42.6 Å². The number of nitrogens with one attached hydrogen (secondary N) is 2. The first-order valence-electron chi connectivity index (χ1n) is 10.3. The Balaban J connectivity index is 1.32. The van der Waals surface area contributed by atoms with Gasteiger partial charge in [-0.2, -0.15) is 0 Å². The fourth-order valence-electron chi connectivity index (χ4n) is 4.23. The number of amides is 2. The average Bonchev–Trinajstić information content (AvgIpc) is 3.41. The number of carbonyl (C=O) groups excluding carboxylic acids is 2. The van der Waals surface area contributed by atoms with Gasteiger partial charge in [-0.15, -0.1) is 0 Å². The minimum absolute atomic E-state index is 0.143. The van der Waals surface area contributed by atoms with Gasteiger partial charge in [-0.25, -0.2) is 0 Å². The zero-order valence-corrected chi connectivity index (χ0v) is 16.4. The van der Waals surface area contributed by atoms with Crippen LogP contribution in [0.25, 0.3) is 0 Å². The third kappa shape index (κ3) is 4.56. The van der Waals surface area contributed by atoms with Crippen molar-refractivity contribution in [2.45, 2.75) is 44.2 Å². The molecule has 1 aromatic heterocycles. The molecule has 0 radical (unpaired) electrons. The zero-order chi connectivity index (χ0) is 20.2. The summed E-state index contributed by atoms with van der Waals surface area (Å²) in [4.78, 5) is 31.6. The summed E-state index contributed by atoms with van der Waals surface area (Å²) < 4.78 is 0. The number of hydrogen-bond acceptors (Lipinski definition) is 5. The molecule has 7 heteroatoms. The van der Waals surface area contributed by atoms with E-state index in [4.69, 9.17) is 5.73 Å². The van der Waals surface area contributed by atoms with Gasteiger partial charge in [0, 0.05) is 31.4 Å². The summed E-state index contributed by atoms with van der Waals surface area (Å²) in [5.74, 6) is -0.507. The number of para-hydroxylation sites is 2. The van der Waals surface area contributed by atoms with Crippen LogP contribution in [0.5, 0.6) is 0 Å². The van der Waals surface area contributed by atoms with Crippen molar-refractivity contribution in [1.82, 2.24) is 15.2 Å². The number of rotatable bonds is 5. The number of nitrogens with zero attached hydrogens (tertiary/aromatic N) is 2. The maximum Gasteiger partial charge on any atom is 0.274 e. The summed E-state index contributed by atoms with van der Waals surface area (Å²) in [7, 11) is 0. The number of carbonyl (C=O) groups is 2. The van der Waals surface area contributed by atoms with Crippen molar-refractivity contribution in [2.75, 3.05) is 24.1 Å². The van der Waals surface area contributed by atoms with Crippen LogP contribution in [0.1, 0.15) is 53.0 Å². The van der Waals surface area contributed by atoms with E-state index in [1.165, 1.54) is 31.9 Å². The number of pyridine rings is 1. The summed E-state index contributed by atoms with van der Waals surface area (Å²) in [5.41, 5.74) is 7.56. The van der Waals surface area contributed by atoms with Gasteiger partial charge in [-0.05, 0) is 43.5 Å². The van der Waals surface area contributed by atoms with Crippen molar-refractivity contribution in [3.63, 3.8) is 0 Å². The van der Waals surface area contributed by atoms with Crippen LogP contribution in [0.3, 0.4) is 0 Å². The molecule has 29 heavy (non-hydrogen) atoms. The lowest BCUT2D eigenvalue weighted by Crippen LogP contribution is -2.39. The van der Waals surface area contributed by atoms with Crippen LogP contribution < -0.4 is 16.4 Å². The van der Waals surface area contributed by atoms with Crippen LogP contribution in [-0.2, 0) is 0 Å². The summed E-state index contributed by atoms with van der Waals surface area (Å²) in [5, 5.41) is 5.84. The fraction of sp³-hybridized carbons (Fsp3) is 0.409. The van der Waals surface area contributed by atoms with Gasteiger partial charge < -0.3 is 16.4 Å². The number of anilines is 2. The van der Waals surface area contributed by atoms with Crippen LogP contribution in [-0.4, -0.2) is 46.9 Å². The molecule has 2 heterocycles. The molecule has 1 saturated heterocycles. The minimum Gasteiger partial charge on any atom is -0.397 e. The highest BCUT2D eigenvalue weighted by atomic mass is 16.2. The molecule has 2 fully saturated rings. The topological polar surface area (TPSA) is 100 Å². The van der Waals surface area contributed by atoms with Crippen LogP contribution >= 0.6 is 0 Å². The lowest BCUT2D eigenvalue weighted by Gasteiger charge is -2.23. The van der Waals surface area contributed by atoms with Gasteiger partial charge in [0.2, 0.25) is 0 Å². The van der Waals surface area contributed by atoms with Crippen molar-refractivity contribution in [2.24, 2.45) is 0 Å². The van der Waals surface area contributed by atoms with Crippen LogP contribution in [0.4, 0.5) is 11.4 Å². The molecular weight excluding hydrogens is 366 g/mol. The summed E-state index contributed by atoms with van der Waals surface area (Å²) in [6.07, 6.45) is 7.63. The van der Waals surface area contributed by atoms with E-state index in [1.54, 1.807) is 36.4 Å². The molecule has 152 valence electrons. The lowest BCUT2D eigenvalue weighted by atomic mass is 10.2. The largest absolute Gasteiger partial charge is 0.397 e. The Morgan fingerprint density at radius 3 is 2.55 bits per heavy atom. The van der Waals surface area contributed by atoms with Crippen molar-refractivity contribution in [3.05, 3.63) is 53.9 Å². The maximum absolute atomic E-state index is 12.6. The first-order chi connectivity index (χ1) is 14.1. The standard InChI is InChI=1S/C22H27N5O2/c23-18-7-3-4-8-19(18)26-22(29)20-10-9-15(13-24-20)21(28)25-16-11-12-27(14-16)17-5-1-2-6-17/h3-4,7-10,13,16-17H,1-2,5-6,11-12,14,23H2,(H,25,28)(H,26,29). The van der Waals surface area contributed by atoms with E-state index in [1.807, 2.05) is 0 Å². The second kappa shape index (κ2) is 8.61. The molecule has 7 nitrogen and oxygen atoms in total.